The van der Waals surface area contributed by atoms with E-state index in [1.54, 1.807) is 0 Å². The van der Waals surface area contributed by atoms with E-state index in [2.05, 4.69) is 70.3 Å². The third kappa shape index (κ3) is 3.54. The predicted molar refractivity (Wildman–Crippen MR) is 90.0 cm³/mol. The van der Waals surface area contributed by atoms with Crippen LogP contribution < -0.4 is 4.43 Å². The molecule has 1 aliphatic rings. The van der Waals surface area contributed by atoms with E-state index in [1.807, 2.05) is 0 Å². The molecule has 0 bridgehead atoms. The molecular formula is C18H28OSi. The summed E-state index contributed by atoms with van der Waals surface area (Å²) in [6.07, 6.45) is 8.49. The molecule has 1 aliphatic carbocycles. The monoisotopic (exact) mass is 288 g/mol. The van der Waals surface area contributed by atoms with E-state index < -0.39 is 8.32 Å². The lowest BCUT2D eigenvalue weighted by Gasteiger charge is -2.36. The molecule has 1 nitrogen and oxygen atoms in total. The Morgan fingerprint density at radius 3 is 2.25 bits per heavy atom. The SMILES string of the molecule is CC(C)(C)[Si](C)(C)Oc1ccc(C2C=CCCC2)cc1. The number of hydrogen-bond acceptors (Lipinski definition) is 1. The fourth-order valence-corrected chi connectivity index (χ4v) is 3.35. The molecular weight excluding hydrogens is 260 g/mol. The van der Waals surface area contributed by atoms with Gasteiger partial charge in [0, 0.05) is 5.92 Å². The van der Waals surface area contributed by atoms with Crippen molar-refractivity contribution in [1.29, 1.82) is 0 Å². The minimum atomic E-state index is -1.72. The first-order valence-electron chi connectivity index (χ1n) is 7.75. The standard InChI is InChI=1S/C18H28OSi/c1-18(2,3)20(4,5)19-17-13-11-16(12-14-17)15-9-7-6-8-10-15/h7,9,11-15H,6,8,10H2,1-5H3. The molecule has 0 aliphatic heterocycles. The van der Waals surface area contributed by atoms with Crippen LogP contribution in [0.4, 0.5) is 0 Å². The van der Waals surface area contributed by atoms with Crippen molar-refractivity contribution < 1.29 is 4.43 Å². The quantitative estimate of drug-likeness (QED) is 0.497. The first-order valence-corrected chi connectivity index (χ1v) is 10.7. The number of allylic oxidation sites excluding steroid dienone is 2. The second-order valence-electron chi connectivity index (χ2n) is 7.40. The van der Waals surface area contributed by atoms with Crippen LogP contribution in [0, 0.1) is 0 Å². The molecule has 0 heterocycles. The van der Waals surface area contributed by atoms with Crippen LogP contribution in [0.3, 0.4) is 0 Å². The van der Waals surface area contributed by atoms with Crippen molar-refractivity contribution in [2.45, 2.75) is 64.1 Å². The summed E-state index contributed by atoms with van der Waals surface area (Å²) >= 11 is 0. The van der Waals surface area contributed by atoms with Gasteiger partial charge in [0.15, 0.2) is 0 Å². The average Bonchev–Trinajstić information content (AvgIpc) is 2.39. The fourth-order valence-electron chi connectivity index (χ4n) is 2.32. The topological polar surface area (TPSA) is 9.23 Å². The third-order valence-corrected chi connectivity index (χ3v) is 9.10. The molecule has 0 spiro atoms. The second-order valence-corrected chi connectivity index (χ2v) is 12.1. The minimum absolute atomic E-state index is 0.248. The van der Waals surface area contributed by atoms with Crippen molar-refractivity contribution in [1.82, 2.24) is 0 Å². The molecule has 0 radical (unpaired) electrons. The highest BCUT2D eigenvalue weighted by molar-refractivity contribution is 6.74. The normalized spacial score (nSPS) is 19.9. The van der Waals surface area contributed by atoms with Crippen molar-refractivity contribution in [3.63, 3.8) is 0 Å². The van der Waals surface area contributed by atoms with Crippen LogP contribution in [0.15, 0.2) is 36.4 Å². The predicted octanol–water partition coefficient (Wildman–Crippen LogP) is 5.89. The van der Waals surface area contributed by atoms with Crippen LogP contribution in [-0.2, 0) is 0 Å². The molecule has 2 rings (SSSR count). The van der Waals surface area contributed by atoms with Crippen molar-refractivity contribution >= 4 is 8.32 Å². The highest BCUT2D eigenvalue weighted by Gasteiger charge is 2.38. The Morgan fingerprint density at radius 1 is 1.10 bits per heavy atom. The van der Waals surface area contributed by atoms with Crippen molar-refractivity contribution in [2.24, 2.45) is 0 Å². The lowest BCUT2D eigenvalue weighted by Crippen LogP contribution is -2.43. The highest BCUT2D eigenvalue weighted by atomic mass is 28.4. The van der Waals surface area contributed by atoms with Crippen LogP contribution in [0.5, 0.6) is 5.75 Å². The van der Waals surface area contributed by atoms with Gasteiger partial charge in [0.25, 0.3) is 0 Å². The minimum Gasteiger partial charge on any atom is -0.544 e. The molecule has 0 saturated heterocycles. The summed E-state index contributed by atoms with van der Waals surface area (Å²) in [6, 6.07) is 8.78. The molecule has 1 atom stereocenters. The van der Waals surface area contributed by atoms with Gasteiger partial charge in [-0.1, -0.05) is 45.1 Å². The third-order valence-electron chi connectivity index (χ3n) is 4.74. The molecule has 1 aromatic rings. The van der Waals surface area contributed by atoms with E-state index >= 15 is 0 Å². The van der Waals surface area contributed by atoms with Crippen molar-refractivity contribution in [3.05, 3.63) is 42.0 Å². The largest absolute Gasteiger partial charge is 0.544 e. The molecule has 0 N–H and O–H groups in total. The molecule has 0 aromatic heterocycles. The average molecular weight is 289 g/mol. The van der Waals surface area contributed by atoms with Gasteiger partial charge >= 0.3 is 0 Å². The van der Waals surface area contributed by atoms with Gasteiger partial charge in [-0.2, -0.15) is 0 Å². The Labute approximate surface area is 125 Å². The van der Waals surface area contributed by atoms with Crippen LogP contribution >= 0.6 is 0 Å². The van der Waals surface area contributed by atoms with Gasteiger partial charge in [-0.15, -0.1) is 0 Å². The Morgan fingerprint density at radius 2 is 1.75 bits per heavy atom. The first-order chi connectivity index (χ1) is 9.29. The number of hydrogen-bond donors (Lipinski definition) is 0. The smallest absolute Gasteiger partial charge is 0.250 e. The Hall–Kier alpha value is -1.02. The van der Waals surface area contributed by atoms with Crippen LogP contribution in [0.1, 0.15) is 51.5 Å². The summed E-state index contributed by atoms with van der Waals surface area (Å²) in [5.41, 5.74) is 1.42. The lowest BCUT2D eigenvalue weighted by molar-refractivity contribution is 0.492. The summed E-state index contributed by atoms with van der Waals surface area (Å²) in [5, 5.41) is 0.248. The second kappa shape index (κ2) is 5.77. The van der Waals surface area contributed by atoms with Crippen molar-refractivity contribution in [3.8, 4) is 5.75 Å². The maximum Gasteiger partial charge on any atom is 0.250 e. The Bertz CT molecular complexity index is 465. The lowest BCUT2D eigenvalue weighted by atomic mass is 9.89. The summed E-state index contributed by atoms with van der Waals surface area (Å²) in [6.45, 7) is 11.4. The number of rotatable bonds is 3. The van der Waals surface area contributed by atoms with Gasteiger partial charge in [0.05, 0.1) is 0 Å². The zero-order valence-corrected chi connectivity index (χ0v) is 14.6. The van der Waals surface area contributed by atoms with Crippen LogP contribution in [0.25, 0.3) is 0 Å². The Balaban J connectivity index is 2.09. The maximum absolute atomic E-state index is 6.33. The van der Waals surface area contributed by atoms with E-state index in [0.29, 0.717) is 5.92 Å². The van der Waals surface area contributed by atoms with Crippen molar-refractivity contribution in [2.75, 3.05) is 0 Å². The molecule has 0 fully saturated rings. The summed E-state index contributed by atoms with van der Waals surface area (Å²) < 4.78 is 6.33. The zero-order chi connectivity index (χ0) is 14.8. The Kier molecular flexibility index (Phi) is 4.43. The summed E-state index contributed by atoms with van der Waals surface area (Å²) in [7, 11) is -1.72. The first kappa shape index (κ1) is 15.4. The summed E-state index contributed by atoms with van der Waals surface area (Å²) in [5.74, 6) is 1.63. The van der Waals surface area contributed by atoms with E-state index in [-0.39, 0.29) is 5.04 Å². The van der Waals surface area contributed by atoms with Gasteiger partial charge in [-0.3, -0.25) is 0 Å². The molecule has 1 aromatic carbocycles. The molecule has 1 unspecified atom stereocenters. The maximum atomic E-state index is 6.33. The van der Waals surface area contributed by atoms with Gasteiger partial charge in [0.1, 0.15) is 5.75 Å². The fraction of sp³-hybridized carbons (Fsp3) is 0.556. The van der Waals surface area contributed by atoms with Gasteiger partial charge in [-0.05, 0) is 55.1 Å². The van der Waals surface area contributed by atoms with Crippen LogP contribution in [0.2, 0.25) is 18.1 Å². The van der Waals surface area contributed by atoms with Crippen LogP contribution in [-0.4, -0.2) is 8.32 Å². The molecule has 2 heteroatoms. The van der Waals surface area contributed by atoms with Gasteiger partial charge < -0.3 is 4.43 Å². The highest BCUT2D eigenvalue weighted by Crippen LogP contribution is 2.37. The zero-order valence-electron chi connectivity index (χ0n) is 13.6. The molecule has 20 heavy (non-hydrogen) atoms. The molecule has 110 valence electrons. The molecule has 0 amide bonds. The van der Waals surface area contributed by atoms with E-state index in [9.17, 15) is 0 Å². The summed E-state index contributed by atoms with van der Waals surface area (Å²) in [4.78, 5) is 0. The van der Waals surface area contributed by atoms with E-state index in [1.165, 1.54) is 24.8 Å². The van der Waals surface area contributed by atoms with Gasteiger partial charge in [-0.25, -0.2) is 0 Å². The van der Waals surface area contributed by atoms with E-state index in [4.69, 9.17) is 4.43 Å². The van der Waals surface area contributed by atoms with Gasteiger partial charge in [0.2, 0.25) is 8.32 Å². The molecule has 0 saturated carbocycles. The number of benzene rings is 1. The van der Waals surface area contributed by atoms with E-state index in [0.717, 1.165) is 5.75 Å².